The van der Waals surface area contributed by atoms with Gasteiger partial charge in [0.1, 0.15) is 0 Å². The van der Waals surface area contributed by atoms with E-state index in [0.717, 1.165) is 30.5 Å². The van der Waals surface area contributed by atoms with E-state index in [1.54, 1.807) is 22.7 Å². The van der Waals surface area contributed by atoms with E-state index in [-0.39, 0.29) is 24.4 Å². The van der Waals surface area contributed by atoms with Gasteiger partial charge in [0.05, 0.1) is 12.1 Å². The molecule has 3 rings (SSSR count). The van der Waals surface area contributed by atoms with E-state index in [9.17, 15) is 4.79 Å². The van der Waals surface area contributed by atoms with E-state index in [4.69, 9.17) is 5.73 Å². The Kier molecular flexibility index (Phi) is 5.15. The van der Waals surface area contributed by atoms with Crippen LogP contribution < -0.4 is 11.1 Å². The van der Waals surface area contributed by atoms with Gasteiger partial charge in [0.15, 0.2) is 5.13 Å². The highest BCUT2D eigenvalue weighted by Gasteiger charge is 2.20. The van der Waals surface area contributed by atoms with Crippen LogP contribution in [0.3, 0.4) is 0 Å². The highest BCUT2D eigenvalue weighted by atomic mass is 35.5. The molecule has 2 aromatic rings. The minimum Gasteiger partial charge on any atom is -0.327 e. The van der Waals surface area contributed by atoms with Crippen molar-refractivity contribution < 1.29 is 4.79 Å². The fourth-order valence-corrected chi connectivity index (χ4v) is 3.98. The number of rotatable bonds is 3. The molecule has 1 atom stereocenters. The summed E-state index contributed by atoms with van der Waals surface area (Å²) in [6, 6.07) is 2.21. The molecule has 1 amide bonds. The minimum atomic E-state index is -0.00574. The number of aromatic nitrogens is 1. The lowest BCUT2D eigenvalue weighted by Gasteiger charge is -2.15. The van der Waals surface area contributed by atoms with Crippen LogP contribution in [-0.2, 0) is 24.1 Å². The summed E-state index contributed by atoms with van der Waals surface area (Å²) in [6.07, 6.45) is 3.20. The fourth-order valence-electron chi connectivity index (χ4n) is 2.20. The van der Waals surface area contributed by atoms with Gasteiger partial charge in [0, 0.05) is 10.9 Å². The van der Waals surface area contributed by atoms with Gasteiger partial charge in [-0.1, -0.05) is 0 Å². The molecule has 0 bridgehead atoms. The molecule has 2 heterocycles. The number of anilines is 1. The maximum Gasteiger partial charge on any atom is 0.230 e. The average molecular weight is 330 g/mol. The highest BCUT2D eigenvalue weighted by Crippen LogP contribution is 2.29. The first kappa shape index (κ1) is 15.4. The highest BCUT2D eigenvalue weighted by molar-refractivity contribution is 7.15. The second-order valence-electron chi connectivity index (χ2n) is 4.75. The van der Waals surface area contributed by atoms with E-state index in [1.807, 2.05) is 16.8 Å². The van der Waals surface area contributed by atoms with Crippen LogP contribution >= 0.6 is 35.1 Å². The molecule has 4 nitrogen and oxygen atoms in total. The van der Waals surface area contributed by atoms with Crippen molar-refractivity contribution in [1.82, 2.24) is 4.98 Å². The molecule has 1 aliphatic rings. The van der Waals surface area contributed by atoms with Gasteiger partial charge in [-0.25, -0.2) is 4.98 Å². The molecule has 0 radical (unpaired) electrons. The first-order chi connectivity index (χ1) is 9.20. The summed E-state index contributed by atoms with van der Waals surface area (Å²) in [5.41, 5.74) is 8.10. The second-order valence-corrected chi connectivity index (χ2v) is 6.61. The summed E-state index contributed by atoms with van der Waals surface area (Å²) in [6.45, 7) is 0. The van der Waals surface area contributed by atoms with Gasteiger partial charge in [-0.05, 0) is 41.7 Å². The number of nitrogens with one attached hydrogen (secondary N) is 1. The van der Waals surface area contributed by atoms with E-state index in [2.05, 4.69) is 10.3 Å². The molecule has 1 aliphatic carbocycles. The molecule has 2 aromatic heterocycles. The van der Waals surface area contributed by atoms with Crippen LogP contribution in [-0.4, -0.2) is 16.9 Å². The Bertz CT molecular complexity index is 582. The lowest BCUT2D eigenvalue weighted by atomic mass is 9.99. The number of thiophene rings is 1. The Hall–Kier alpha value is -0.950. The van der Waals surface area contributed by atoms with E-state index < -0.39 is 0 Å². The largest absolute Gasteiger partial charge is 0.327 e. The standard InChI is InChI=1S/C13H15N3OS2.ClH/c14-9-1-2-10-11(6-9)19-13(15-10)16-12(17)5-8-3-4-18-7-8;/h3-4,7,9H,1-2,5-6,14H2,(H,15,16,17);1H/t9-;/m0./s1. The van der Waals surface area contributed by atoms with Crippen LogP contribution in [0.5, 0.6) is 0 Å². The molecular formula is C13H16ClN3OS2. The van der Waals surface area contributed by atoms with Crippen molar-refractivity contribution in [3.63, 3.8) is 0 Å². The normalized spacial score (nSPS) is 17.1. The number of nitrogens with zero attached hydrogens (tertiary/aromatic N) is 1. The Morgan fingerprint density at radius 2 is 2.40 bits per heavy atom. The van der Waals surface area contributed by atoms with Gasteiger partial charge in [-0.15, -0.1) is 23.7 Å². The zero-order valence-electron chi connectivity index (χ0n) is 10.8. The lowest BCUT2D eigenvalue weighted by Crippen LogP contribution is -2.27. The van der Waals surface area contributed by atoms with Crippen LogP contribution in [0.2, 0.25) is 0 Å². The number of hydrogen-bond acceptors (Lipinski definition) is 5. The van der Waals surface area contributed by atoms with Crippen LogP contribution in [0.15, 0.2) is 16.8 Å². The zero-order chi connectivity index (χ0) is 13.2. The van der Waals surface area contributed by atoms with Gasteiger partial charge in [0.2, 0.25) is 5.91 Å². The first-order valence-corrected chi connectivity index (χ1v) is 8.02. The minimum absolute atomic E-state index is 0. The molecule has 0 saturated carbocycles. The fraction of sp³-hybridized carbons (Fsp3) is 0.385. The van der Waals surface area contributed by atoms with Crippen LogP contribution in [0.4, 0.5) is 5.13 Å². The number of halogens is 1. The quantitative estimate of drug-likeness (QED) is 0.909. The maximum absolute atomic E-state index is 11.9. The molecule has 0 fully saturated rings. The third-order valence-corrected chi connectivity index (χ3v) is 4.94. The Morgan fingerprint density at radius 1 is 1.55 bits per heavy atom. The molecule has 20 heavy (non-hydrogen) atoms. The summed E-state index contributed by atoms with van der Waals surface area (Å²) in [7, 11) is 0. The number of fused-ring (bicyclic) bond motifs is 1. The van der Waals surface area contributed by atoms with Crippen LogP contribution in [0.1, 0.15) is 22.6 Å². The molecular weight excluding hydrogens is 314 g/mol. The first-order valence-electron chi connectivity index (χ1n) is 6.26. The lowest BCUT2D eigenvalue weighted by molar-refractivity contribution is -0.115. The molecule has 0 aromatic carbocycles. The Morgan fingerprint density at radius 3 is 3.15 bits per heavy atom. The average Bonchev–Trinajstić information content (AvgIpc) is 2.97. The molecule has 3 N–H and O–H groups in total. The molecule has 108 valence electrons. The topological polar surface area (TPSA) is 68.0 Å². The number of aryl methyl sites for hydroxylation is 1. The number of carbonyl (C=O) groups excluding carboxylic acids is 1. The van der Waals surface area contributed by atoms with Gasteiger partial charge >= 0.3 is 0 Å². The van der Waals surface area contributed by atoms with Crippen LogP contribution in [0, 0.1) is 0 Å². The molecule has 7 heteroatoms. The Labute approximate surface area is 131 Å². The zero-order valence-corrected chi connectivity index (χ0v) is 13.2. The van der Waals surface area contributed by atoms with E-state index in [0.29, 0.717) is 11.6 Å². The predicted octanol–water partition coefficient (Wildman–Crippen LogP) is 2.62. The SMILES string of the molecule is Cl.N[C@H]1CCc2nc(NC(=O)Cc3ccsc3)sc2C1. The predicted molar refractivity (Wildman–Crippen MR) is 86.0 cm³/mol. The number of nitrogens with two attached hydrogens (primary N) is 1. The number of thiazole rings is 1. The van der Waals surface area contributed by atoms with Gasteiger partial charge in [-0.3, -0.25) is 4.79 Å². The molecule has 0 unspecified atom stereocenters. The van der Waals surface area contributed by atoms with Gasteiger partial charge < -0.3 is 11.1 Å². The third kappa shape index (κ3) is 3.58. The van der Waals surface area contributed by atoms with Gasteiger partial charge in [-0.2, -0.15) is 11.3 Å². The molecule has 0 saturated heterocycles. The van der Waals surface area contributed by atoms with E-state index >= 15 is 0 Å². The third-order valence-electron chi connectivity index (χ3n) is 3.17. The smallest absolute Gasteiger partial charge is 0.230 e. The number of amides is 1. The Balaban J connectivity index is 0.00000147. The van der Waals surface area contributed by atoms with Gasteiger partial charge in [0.25, 0.3) is 0 Å². The monoisotopic (exact) mass is 329 g/mol. The second kappa shape index (κ2) is 6.67. The maximum atomic E-state index is 11.9. The summed E-state index contributed by atoms with van der Waals surface area (Å²) < 4.78 is 0. The van der Waals surface area contributed by atoms with Crippen molar-refractivity contribution >= 4 is 46.1 Å². The summed E-state index contributed by atoms with van der Waals surface area (Å²) in [5.74, 6) is -0.00574. The summed E-state index contributed by atoms with van der Waals surface area (Å²) in [4.78, 5) is 17.6. The van der Waals surface area contributed by atoms with E-state index in [1.165, 1.54) is 4.88 Å². The molecule has 0 aliphatic heterocycles. The van der Waals surface area contributed by atoms with Crippen LogP contribution in [0.25, 0.3) is 0 Å². The number of hydrogen-bond donors (Lipinski definition) is 2. The van der Waals surface area contributed by atoms with Crippen molar-refractivity contribution in [2.45, 2.75) is 31.7 Å². The summed E-state index contributed by atoms with van der Waals surface area (Å²) >= 11 is 3.16. The van der Waals surface area contributed by atoms with Crippen molar-refractivity contribution in [2.75, 3.05) is 5.32 Å². The summed E-state index contributed by atoms with van der Waals surface area (Å²) in [5, 5.41) is 7.56. The van der Waals surface area contributed by atoms with Crippen molar-refractivity contribution in [3.05, 3.63) is 33.0 Å². The van der Waals surface area contributed by atoms with Crippen molar-refractivity contribution in [2.24, 2.45) is 5.73 Å². The number of carbonyl (C=O) groups is 1. The molecule has 0 spiro atoms. The van der Waals surface area contributed by atoms with Crippen molar-refractivity contribution in [3.8, 4) is 0 Å². The van der Waals surface area contributed by atoms with Crippen molar-refractivity contribution in [1.29, 1.82) is 0 Å².